The molecular weight excluding hydrogens is 391 g/mol. The fraction of sp³-hybridized carbons (Fsp3) is 0.188. The molecule has 0 saturated carbocycles. The third-order valence-electron chi connectivity index (χ3n) is 3.13. The molecule has 134 valence electrons. The molecule has 0 aliphatic carbocycles. The van der Waals surface area contributed by atoms with E-state index in [4.69, 9.17) is 32.1 Å². The van der Waals surface area contributed by atoms with E-state index in [0.717, 1.165) is 0 Å². The zero-order valence-corrected chi connectivity index (χ0v) is 15.6. The van der Waals surface area contributed by atoms with Crippen LogP contribution in [-0.2, 0) is 20.6 Å². The first kappa shape index (κ1) is 19.4. The summed E-state index contributed by atoms with van der Waals surface area (Å²) in [6.07, 6.45) is 0. The molecule has 0 aliphatic rings. The number of hydrogen-bond donors (Lipinski definition) is 0. The average molecular weight is 405 g/mol. The number of methoxy groups -OCH3 is 2. The SMILES string of the molecule is COC(=O)c1ccc(OS(=O)(=O)Cc2ccc(Cl)c(Cl)c2)c(OC)c1. The molecule has 0 heterocycles. The van der Waals surface area contributed by atoms with Crippen molar-refractivity contribution in [3.63, 3.8) is 0 Å². The van der Waals surface area contributed by atoms with E-state index in [1.165, 1.54) is 50.6 Å². The molecule has 2 rings (SSSR count). The Morgan fingerprint density at radius 1 is 1.00 bits per heavy atom. The van der Waals surface area contributed by atoms with E-state index in [9.17, 15) is 13.2 Å². The lowest BCUT2D eigenvalue weighted by Gasteiger charge is -2.12. The van der Waals surface area contributed by atoms with Crippen molar-refractivity contribution in [1.82, 2.24) is 0 Å². The zero-order valence-electron chi connectivity index (χ0n) is 13.3. The fourth-order valence-electron chi connectivity index (χ4n) is 1.98. The van der Waals surface area contributed by atoms with E-state index in [-0.39, 0.29) is 22.1 Å². The lowest BCUT2D eigenvalue weighted by atomic mass is 10.2. The second kappa shape index (κ2) is 7.95. The highest BCUT2D eigenvalue weighted by Gasteiger charge is 2.19. The molecule has 6 nitrogen and oxygen atoms in total. The minimum Gasteiger partial charge on any atom is -0.493 e. The molecular formula is C16H14Cl2O6S. The van der Waals surface area contributed by atoms with Gasteiger partial charge in [0.25, 0.3) is 0 Å². The van der Waals surface area contributed by atoms with Crippen molar-refractivity contribution in [3.8, 4) is 11.5 Å². The standard InChI is InChI=1S/C16H14Cl2O6S/c1-22-15-8-11(16(19)23-2)4-6-14(15)24-25(20,21)9-10-3-5-12(17)13(18)7-10/h3-8H,9H2,1-2H3. The first-order valence-electron chi connectivity index (χ1n) is 6.88. The highest BCUT2D eigenvalue weighted by molar-refractivity contribution is 7.86. The summed E-state index contributed by atoms with van der Waals surface area (Å²) in [6.45, 7) is 0. The Morgan fingerprint density at radius 2 is 1.72 bits per heavy atom. The molecule has 9 heteroatoms. The van der Waals surface area contributed by atoms with Gasteiger partial charge in [0.1, 0.15) is 5.75 Å². The van der Waals surface area contributed by atoms with Gasteiger partial charge in [0.2, 0.25) is 0 Å². The van der Waals surface area contributed by atoms with Crippen LogP contribution in [-0.4, -0.2) is 28.6 Å². The maximum absolute atomic E-state index is 12.3. The number of rotatable bonds is 6. The van der Waals surface area contributed by atoms with Crippen molar-refractivity contribution in [2.75, 3.05) is 14.2 Å². The predicted octanol–water partition coefficient (Wildman–Crippen LogP) is 3.70. The number of hydrogen-bond acceptors (Lipinski definition) is 6. The van der Waals surface area contributed by atoms with Gasteiger partial charge in [0.05, 0.1) is 29.8 Å². The van der Waals surface area contributed by atoms with Crippen molar-refractivity contribution in [3.05, 3.63) is 57.6 Å². The van der Waals surface area contributed by atoms with Crippen LogP contribution in [0.1, 0.15) is 15.9 Å². The first-order valence-corrected chi connectivity index (χ1v) is 9.21. The minimum absolute atomic E-state index is 0.0461. The molecule has 0 bridgehead atoms. The van der Waals surface area contributed by atoms with Gasteiger partial charge in [-0.1, -0.05) is 29.3 Å². The van der Waals surface area contributed by atoms with Gasteiger partial charge in [-0.3, -0.25) is 0 Å². The second-order valence-electron chi connectivity index (χ2n) is 4.89. The smallest absolute Gasteiger partial charge is 0.337 e. The number of carbonyl (C=O) groups excluding carboxylic acids is 1. The van der Waals surface area contributed by atoms with Gasteiger partial charge in [0, 0.05) is 0 Å². The number of halogens is 2. The molecule has 0 radical (unpaired) electrons. The Kier molecular flexibility index (Phi) is 6.16. The van der Waals surface area contributed by atoms with Crippen LogP contribution in [0.3, 0.4) is 0 Å². The normalized spacial score (nSPS) is 11.0. The Labute approximate surface area is 155 Å². The lowest BCUT2D eigenvalue weighted by molar-refractivity contribution is 0.0600. The van der Waals surface area contributed by atoms with E-state index >= 15 is 0 Å². The third-order valence-corrected chi connectivity index (χ3v) is 4.99. The number of benzene rings is 2. The summed E-state index contributed by atoms with van der Waals surface area (Å²) in [4.78, 5) is 11.5. The van der Waals surface area contributed by atoms with Crippen LogP contribution in [0.25, 0.3) is 0 Å². The molecule has 0 unspecified atom stereocenters. The van der Waals surface area contributed by atoms with Gasteiger partial charge in [-0.2, -0.15) is 8.42 Å². The first-order chi connectivity index (χ1) is 11.8. The van der Waals surface area contributed by atoms with E-state index in [2.05, 4.69) is 4.74 Å². The molecule has 0 aliphatic heterocycles. The molecule has 2 aromatic rings. The summed E-state index contributed by atoms with van der Waals surface area (Å²) in [5.41, 5.74) is 0.619. The van der Waals surface area contributed by atoms with E-state index in [1.54, 1.807) is 0 Å². The maximum atomic E-state index is 12.3. The maximum Gasteiger partial charge on any atom is 0.337 e. The second-order valence-corrected chi connectivity index (χ2v) is 7.28. The molecule has 0 aromatic heterocycles. The summed E-state index contributed by atoms with van der Waals surface area (Å²) in [6, 6.07) is 8.50. The quantitative estimate of drug-likeness (QED) is 0.539. The monoisotopic (exact) mass is 404 g/mol. The summed E-state index contributed by atoms with van der Waals surface area (Å²) < 4.78 is 39.3. The molecule has 0 spiro atoms. The number of carbonyl (C=O) groups is 1. The van der Waals surface area contributed by atoms with Crippen molar-refractivity contribution < 1.29 is 26.9 Å². The van der Waals surface area contributed by atoms with Crippen LogP contribution >= 0.6 is 23.2 Å². The van der Waals surface area contributed by atoms with Crippen molar-refractivity contribution >= 4 is 39.3 Å². The molecule has 0 atom stereocenters. The largest absolute Gasteiger partial charge is 0.493 e. The van der Waals surface area contributed by atoms with Crippen molar-refractivity contribution in [1.29, 1.82) is 0 Å². The minimum atomic E-state index is -3.99. The topological polar surface area (TPSA) is 78.9 Å². The average Bonchev–Trinajstić information content (AvgIpc) is 2.57. The van der Waals surface area contributed by atoms with Crippen molar-refractivity contribution in [2.24, 2.45) is 0 Å². The number of esters is 1. The van der Waals surface area contributed by atoms with Gasteiger partial charge < -0.3 is 13.7 Å². The Bertz CT molecular complexity index is 895. The molecule has 0 saturated heterocycles. The lowest BCUT2D eigenvalue weighted by Crippen LogP contribution is -2.13. The van der Waals surface area contributed by atoms with E-state index < -0.39 is 21.8 Å². The molecule has 25 heavy (non-hydrogen) atoms. The van der Waals surface area contributed by atoms with Crippen LogP contribution in [0.5, 0.6) is 11.5 Å². The van der Waals surface area contributed by atoms with Crippen LogP contribution in [0.4, 0.5) is 0 Å². The predicted molar refractivity (Wildman–Crippen MR) is 94.0 cm³/mol. The molecule has 0 fully saturated rings. The van der Waals surface area contributed by atoms with Gasteiger partial charge in [-0.15, -0.1) is 0 Å². The van der Waals surface area contributed by atoms with E-state index in [0.29, 0.717) is 10.6 Å². The number of ether oxygens (including phenoxy) is 2. The van der Waals surface area contributed by atoms with Gasteiger partial charge in [-0.05, 0) is 35.9 Å². The van der Waals surface area contributed by atoms with Crippen LogP contribution in [0.2, 0.25) is 10.0 Å². The van der Waals surface area contributed by atoms with Crippen LogP contribution in [0.15, 0.2) is 36.4 Å². The van der Waals surface area contributed by atoms with E-state index in [1.807, 2.05) is 0 Å². The Hall–Kier alpha value is -1.96. The zero-order chi connectivity index (χ0) is 18.6. The molecule has 0 amide bonds. The van der Waals surface area contributed by atoms with Crippen molar-refractivity contribution in [2.45, 2.75) is 5.75 Å². The Balaban J connectivity index is 2.24. The third kappa shape index (κ3) is 5.01. The fourth-order valence-corrected chi connectivity index (χ4v) is 3.36. The highest BCUT2D eigenvalue weighted by Crippen LogP contribution is 2.31. The van der Waals surface area contributed by atoms with Gasteiger partial charge in [-0.25, -0.2) is 4.79 Å². The van der Waals surface area contributed by atoms with Gasteiger partial charge in [0.15, 0.2) is 11.5 Å². The van der Waals surface area contributed by atoms with Crippen LogP contribution in [0, 0.1) is 0 Å². The summed E-state index contributed by atoms with van der Waals surface area (Å²) >= 11 is 11.7. The summed E-state index contributed by atoms with van der Waals surface area (Å²) in [5, 5.41) is 0.568. The molecule has 0 N–H and O–H groups in total. The summed E-state index contributed by atoms with van der Waals surface area (Å²) in [7, 11) is -1.42. The highest BCUT2D eigenvalue weighted by atomic mass is 35.5. The Morgan fingerprint density at radius 3 is 2.32 bits per heavy atom. The van der Waals surface area contributed by atoms with Crippen LogP contribution < -0.4 is 8.92 Å². The molecule has 2 aromatic carbocycles. The van der Waals surface area contributed by atoms with Gasteiger partial charge >= 0.3 is 16.1 Å². The summed E-state index contributed by atoms with van der Waals surface area (Å²) in [5.74, 6) is -0.953.